The van der Waals surface area contributed by atoms with Crippen molar-refractivity contribution in [3.63, 3.8) is 0 Å². The van der Waals surface area contributed by atoms with Crippen molar-refractivity contribution in [2.24, 2.45) is 0 Å². The fourth-order valence-corrected chi connectivity index (χ4v) is 3.86. The first-order chi connectivity index (χ1) is 16.5. The van der Waals surface area contributed by atoms with E-state index in [0.29, 0.717) is 5.69 Å². The Morgan fingerprint density at radius 3 is 1.88 bits per heavy atom. The number of carboxylic acid groups (broad SMARTS) is 1. The Hall–Kier alpha value is -2.12. The quantitative estimate of drug-likeness (QED) is 0.130. The molecule has 1 unspecified atom stereocenters. The Bertz CT molecular complexity index is 694. The predicted octanol–water partition coefficient (Wildman–Crippen LogP) is 5.79. The third-order valence-corrected chi connectivity index (χ3v) is 5.95. The monoisotopic (exact) mass is 479 g/mol. The molecule has 0 aromatic heterocycles. The van der Waals surface area contributed by atoms with E-state index in [1.165, 1.54) is 89.2 Å². The number of hydrogen-bond acceptors (Lipinski definition) is 6. The molecule has 0 heterocycles. The van der Waals surface area contributed by atoms with Crippen molar-refractivity contribution in [2.75, 3.05) is 25.1 Å². The standard InChI is InChI=1S/C27H45NO6/c1-2-3-4-5-6-7-8-9-10-11-12-13-14-15-18-28-22-16-17-24(25(19-22)26(31)32)27(33)34-21-23(30)20-29/h16-17,19,23,28-30H,2-15,18,20-21H2,1H3,(H,31,32). The molecule has 0 aliphatic heterocycles. The van der Waals surface area contributed by atoms with E-state index in [0.717, 1.165) is 19.4 Å². The summed E-state index contributed by atoms with van der Waals surface area (Å²) in [4.78, 5) is 23.7. The number of nitrogens with one attached hydrogen (secondary N) is 1. The summed E-state index contributed by atoms with van der Waals surface area (Å²) in [6.07, 6.45) is 17.0. The second-order valence-electron chi connectivity index (χ2n) is 9.02. The molecule has 0 saturated carbocycles. The minimum atomic E-state index is -1.23. The van der Waals surface area contributed by atoms with Crippen LogP contribution in [0.1, 0.15) is 118 Å². The Labute approximate surface area is 204 Å². The molecule has 0 radical (unpaired) electrons. The summed E-state index contributed by atoms with van der Waals surface area (Å²) >= 11 is 0. The molecule has 1 atom stereocenters. The van der Waals surface area contributed by atoms with E-state index in [-0.39, 0.29) is 11.1 Å². The van der Waals surface area contributed by atoms with E-state index >= 15 is 0 Å². The smallest absolute Gasteiger partial charge is 0.339 e. The lowest BCUT2D eigenvalue weighted by Crippen LogP contribution is -2.23. The predicted molar refractivity (Wildman–Crippen MR) is 136 cm³/mol. The van der Waals surface area contributed by atoms with Crippen LogP contribution < -0.4 is 5.32 Å². The molecule has 0 bridgehead atoms. The van der Waals surface area contributed by atoms with Gasteiger partial charge < -0.3 is 25.4 Å². The summed E-state index contributed by atoms with van der Waals surface area (Å²) in [6, 6.07) is 4.48. The average molecular weight is 480 g/mol. The molecular weight excluding hydrogens is 434 g/mol. The minimum absolute atomic E-state index is 0.0836. The normalized spacial score (nSPS) is 11.9. The van der Waals surface area contributed by atoms with Crippen molar-refractivity contribution in [1.29, 1.82) is 0 Å². The summed E-state index contributed by atoms with van der Waals surface area (Å²) in [7, 11) is 0. The van der Waals surface area contributed by atoms with Gasteiger partial charge in [0.05, 0.1) is 17.7 Å². The number of unbranched alkanes of at least 4 members (excludes halogenated alkanes) is 13. The van der Waals surface area contributed by atoms with E-state index < -0.39 is 31.3 Å². The van der Waals surface area contributed by atoms with E-state index in [1.807, 2.05) is 0 Å². The largest absolute Gasteiger partial charge is 0.478 e. The number of hydrogen-bond donors (Lipinski definition) is 4. The fourth-order valence-electron chi connectivity index (χ4n) is 3.86. The van der Waals surface area contributed by atoms with Crippen LogP contribution in [0.15, 0.2) is 18.2 Å². The summed E-state index contributed by atoms with van der Waals surface area (Å²) in [5.74, 6) is -2.07. The van der Waals surface area contributed by atoms with Gasteiger partial charge in [-0.2, -0.15) is 0 Å². The average Bonchev–Trinajstić information content (AvgIpc) is 2.84. The zero-order chi connectivity index (χ0) is 25.0. The molecule has 0 saturated heterocycles. The molecule has 34 heavy (non-hydrogen) atoms. The number of aliphatic hydroxyl groups is 2. The molecule has 1 rings (SSSR count). The molecule has 1 aromatic rings. The Balaban J connectivity index is 2.18. The maximum absolute atomic E-state index is 12.1. The minimum Gasteiger partial charge on any atom is -0.478 e. The Kier molecular flexibility index (Phi) is 16.9. The van der Waals surface area contributed by atoms with Gasteiger partial charge in [-0.1, -0.05) is 90.4 Å². The Morgan fingerprint density at radius 1 is 0.853 bits per heavy atom. The van der Waals surface area contributed by atoms with Crippen molar-refractivity contribution in [1.82, 2.24) is 0 Å². The van der Waals surface area contributed by atoms with Crippen LogP contribution in [0.25, 0.3) is 0 Å². The maximum atomic E-state index is 12.1. The van der Waals surface area contributed by atoms with E-state index in [2.05, 4.69) is 12.2 Å². The van der Waals surface area contributed by atoms with Gasteiger partial charge in [0.2, 0.25) is 0 Å². The van der Waals surface area contributed by atoms with Crippen LogP contribution in [0.4, 0.5) is 5.69 Å². The number of aromatic carboxylic acids is 1. The Morgan fingerprint density at radius 2 is 1.38 bits per heavy atom. The number of carbonyl (C=O) groups excluding carboxylic acids is 1. The van der Waals surface area contributed by atoms with Crippen LogP contribution in [-0.4, -0.2) is 53.1 Å². The van der Waals surface area contributed by atoms with Crippen LogP contribution in [0.2, 0.25) is 0 Å². The van der Waals surface area contributed by atoms with Gasteiger partial charge in [-0.15, -0.1) is 0 Å². The van der Waals surface area contributed by atoms with Crippen molar-refractivity contribution in [2.45, 2.75) is 103 Å². The molecule has 1 aromatic carbocycles. The highest BCUT2D eigenvalue weighted by Crippen LogP contribution is 2.18. The highest BCUT2D eigenvalue weighted by Gasteiger charge is 2.19. The maximum Gasteiger partial charge on any atom is 0.339 e. The molecule has 7 nitrogen and oxygen atoms in total. The van der Waals surface area contributed by atoms with Gasteiger partial charge in [0.1, 0.15) is 12.7 Å². The highest BCUT2D eigenvalue weighted by molar-refractivity contribution is 6.03. The SMILES string of the molecule is CCCCCCCCCCCCCCCCNc1ccc(C(=O)OCC(O)CO)c(C(=O)O)c1. The fraction of sp³-hybridized carbons (Fsp3) is 0.704. The first-order valence-electron chi connectivity index (χ1n) is 13.1. The number of anilines is 1. The molecule has 0 fully saturated rings. The number of carbonyl (C=O) groups is 2. The van der Waals surface area contributed by atoms with Crippen LogP contribution in [0, 0.1) is 0 Å². The molecule has 0 aliphatic rings. The van der Waals surface area contributed by atoms with Crippen molar-refractivity contribution in [3.8, 4) is 0 Å². The highest BCUT2D eigenvalue weighted by atomic mass is 16.5. The number of rotatable bonds is 21. The lowest BCUT2D eigenvalue weighted by atomic mass is 10.0. The van der Waals surface area contributed by atoms with Crippen molar-refractivity contribution in [3.05, 3.63) is 29.3 Å². The molecule has 0 spiro atoms. The van der Waals surface area contributed by atoms with E-state index in [1.54, 1.807) is 6.07 Å². The van der Waals surface area contributed by atoms with Crippen LogP contribution in [0.5, 0.6) is 0 Å². The number of carboxylic acids is 1. The van der Waals surface area contributed by atoms with Gasteiger partial charge in [-0.3, -0.25) is 0 Å². The second kappa shape index (κ2) is 19.2. The number of benzene rings is 1. The molecule has 194 valence electrons. The second-order valence-corrected chi connectivity index (χ2v) is 9.02. The summed E-state index contributed by atoms with van der Waals surface area (Å²) in [6.45, 7) is 2.06. The van der Waals surface area contributed by atoms with Crippen molar-refractivity contribution < 1.29 is 29.6 Å². The first-order valence-corrected chi connectivity index (χ1v) is 13.1. The molecule has 4 N–H and O–H groups in total. The summed E-state index contributed by atoms with van der Waals surface area (Å²) < 4.78 is 4.87. The lowest BCUT2D eigenvalue weighted by molar-refractivity contribution is 0.00912. The molecule has 7 heteroatoms. The summed E-state index contributed by atoms with van der Waals surface area (Å²) in [5.41, 5.74) is 0.396. The molecule has 0 amide bonds. The zero-order valence-electron chi connectivity index (χ0n) is 20.9. The third-order valence-electron chi connectivity index (χ3n) is 5.95. The zero-order valence-corrected chi connectivity index (χ0v) is 20.9. The molecular formula is C27H45NO6. The van der Waals surface area contributed by atoms with Crippen LogP contribution >= 0.6 is 0 Å². The number of ether oxygens (including phenoxy) is 1. The first kappa shape index (κ1) is 29.9. The molecule has 0 aliphatic carbocycles. The van der Waals surface area contributed by atoms with Gasteiger partial charge in [0.25, 0.3) is 0 Å². The van der Waals surface area contributed by atoms with E-state index in [4.69, 9.17) is 9.84 Å². The number of esters is 1. The third kappa shape index (κ3) is 13.6. The van der Waals surface area contributed by atoms with E-state index in [9.17, 15) is 19.8 Å². The van der Waals surface area contributed by atoms with Crippen LogP contribution in [-0.2, 0) is 4.74 Å². The summed E-state index contributed by atoms with van der Waals surface area (Å²) in [5, 5.41) is 30.7. The van der Waals surface area contributed by atoms with Gasteiger partial charge in [-0.25, -0.2) is 9.59 Å². The topological polar surface area (TPSA) is 116 Å². The lowest BCUT2D eigenvalue weighted by Gasteiger charge is -2.12. The number of aliphatic hydroxyl groups excluding tert-OH is 2. The van der Waals surface area contributed by atoms with Gasteiger partial charge >= 0.3 is 11.9 Å². The van der Waals surface area contributed by atoms with Gasteiger partial charge in [-0.05, 0) is 24.6 Å². The van der Waals surface area contributed by atoms with Gasteiger partial charge in [0.15, 0.2) is 0 Å². The van der Waals surface area contributed by atoms with Gasteiger partial charge in [0, 0.05) is 12.2 Å². The van der Waals surface area contributed by atoms with Crippen LogP contribution in [0.3, 0.4) is 0 Å². The van der Waals surface area contributed by atoms with Crippen molar-refractivity contribution >= 4 is 17.6 Å².